The summed E-state index contributed by atoms with van der Waals surface area (Å²) in [7, 11) is 0. The van der Waals surface area contributed by atoms with E-state index in [4.69, 9.17) is 4.98 Å². The molecule has 3 aromatic carbocycles. The van der Waals surface area contributed by atoms with Gasteiger partial charge in [0.25, 0.3) is 0 Å². The summed E-state index contributed by atoms with van der Waals surface area (Å²) < 4.78 is 43.2. The number of likely N-dealkylation sites (tertiary alicyclic amines) is 1. The molecule has 186 valence electrons. The lowest BCUT2D eigenvalue weighted by Gasteiger charge is -2.32. The molecule has 9 heteroatoms. The van der Waals surface area contributed by atoms with Gasteiger partial charge in [0.2, 0.25) is 5.91 Å². The van der Waals surface area contributed by atoms with Gasteiger partial charge in [-0.1, -0.05) is 46.3 Å². The average Bonchev–Trinajstić information content (AvgIpc) is 3.21. The van der Waals surface area contributed by atoms with Gasteiger partial charge >= 0.3 is 6.18 Å². The second kappa shape index (κ2) is 10.1. The van der Waals surface area contributed by atoms with Crippen molar-refractivity contribution in [2.45, 2.75) is 25.6 Å². The molecule has 0 bridgehead atoms. The SMILES string of the molecule is O=C(Nc1ccccc1C(F)(F)F)[C@H]1CCCN(Cc2nc3ccccc3n2-c2cccc(Br)c2)C1. The zero-order chi connectivity index (χ0) is 25.3. The van der Waals surface area contributed by atoms with Gasteiger partial charge in [-0.25, -0.2) is 4.98 Å². The number of hydrogen-bond acceptors (Lipinski definition) is 3. The van der Waals surface area contributed by atoms with Crippen LogP contribution in [0.3, 0.4) is 0 Å². The number of nitrogens with zero attached hydrogens (tertiary/aromatic N) is 3. The third-order valence-corrected chi connectivity index (χ3v) is 6.92. The highest BCUT2D eigenvalue weighted by molar-refractivity contribution is 9.10. The molecule has 1 fully saturated rings. The maximum Gasteiger partial charge on any atom is 0.418 e. The molecule has 1 N–H and O–H groups in total. The lowest BCUT2D eigenvalue weighted by molar-refractivity contribution is -0.137. The molecule has 1 aromatic heterocycles. The summed E-state index contributed by atoms with van der Waals surface area (Å²) in [5.74, 6) is 0.0402. The summed E-state index contributed by atoms with van der Waals surface area (Å²) in [6, 6.07) is 21.0. The molecule has 1 amide bonds. The molecular formula is C27H24BrF3N4O. The van der Waals surface area contributed by atoms with Gasteiger partial charge in [-0.15, -0.1) is 0 Å². The highest BCUT2D eigenvalue weighted by atomic mass is 79.9. The predicted octanol–water partition coefficient (Wildman–Crippen LogP) is 6.66. The number of para-hydroxylation sites is 3. The van der Waals surface area contributed by atoms with Crippen LogP contribution in [-0.2, 0) is 17.5 Å². The van der Waals surface area contributed by atoms with E-state index in [0.717, 1.165) is 46.0 Å². The number of halogens is 4. The number of amides is 1. The van der Waals surface area contributed by atoms with Crippen LogP contribution in [0, 0.1) is 5.92 Å². The molecule has 4 aromatic rings. The average molecular weight is 557 g/mol. The van der Waals surface area contributed by atoms with Gasteiger partial charge < -0.3 is 5.32 Å². The number of aromatic nitrogens is 2. The molecule has 1 aliphatic heterocycles. The second-order valence-corrected chi connectivity index (χ2v) is 9.85. The van der Waals surface area contributed by atoms with Crippen LogP contribution in [0.2, 0.25) is 0 Å². The minimum Gasteiger partial charge on any atom is -0.325 e. The number of anilines is 1. The van der Waals surface area contributed by atoms with E-state index in [1.54, 1.807) is 0 Å². The normalized spacial score (nSPS) is 16.8. The summed E-state index contributed by atoms with van der Waals surface area (Å²) in [4.78, 5) is 20.0. The highest BCUT2D eigenvalue weighted by Crippen LogP contribution is 2.35. The van der Waals surface area contributed by atoms with Crippen molar-refractivity contribution in [1.82, 2.24) is 14.5 Å². The summed E-state index contributed by atoms with van der Waals surface area (Å²) in [5, 5.41) is 2.52. The van der Waals surface area contributed by atoms with E-state index in [0.29, 0.717) is 19.5 Å². The van der Waals surface area contributed by atoms with Crippen molar-refractivity contribution < 1.29 is 18.0 Å². The van der Waals surface area contributed by atoms with Gasteiger partial charge in [0.05, 0.1) is 34.7 Å². The number of carbonyl (C=O) groups is 1. The first kappa shape index (κ1) is 24.5. The molecule has 0 unspecified atom stereocenters. The van der Waals surface area contributed by atoms with Gasteiger partial charge in [0.1, 0.15) is 5.82 Å². The number of carbonyl (C=O) groups excluding carboxylic acids is 1. The zero-order valence-electron chi connectivity index (χ0n) is 19.3. The number of benzene rings is 3. The van der Waals surface area contributed by atoms with E-state index < -0.39 is 23.6 Å². The van der Waals surface area contributed by atoms with Crippen molar-refractivity contribution >= 4 is 38.6 Å². The van der Waals surface area contributed by atoms with E-state index >= 15 is 0 Å². The summed E-state index contributed by atoms with van der Waals surface area (Å²) in [6.07, 6.45) is -3.14. The van der Waals surface area contributed by atoms with Crippen LogP contribution in [-0.4, -0.2) is 33.4 Å². The minimum atomic E-state index is -4.53. The number of piperidine rings is 1. The standard InChI is InChI=1S/C27H24BrF3N4O/c28-19-8-5-9-20(15-19)35-24-13-4-3-12-23(24)32-25(35)17-34-14-6-7-18(16-34)26(36)33-22-11-2-1-10-21(22)27(29,30)31/h1-5,8-13,15,18H,6-7,14,16-17H2,(H,33,36)/t18-/m0/s1. The Balaban J connectivity index is 1.37. The molecule has 1 saturated heterocycles. The molecule has 0 aliphatic carbocycles. The second-order valence-electron chi connectivity index (χ2n) is 8.94. The monoisotopic (exact) mass is 556 g/mol. The third-order valence-electron chi connectivity index (χ3n) is 6.43. The van der Waals surface area contributed by atoms with Gasteiger partial charge in [-0.3, -0.25) is 14.3 Å². The van der Waals surface area contributed by atoms with Crippen LogP contribution in [0.15, 0.2) is 77.3 Å². The van der Waals surface area contributed by atoms with Gasteiger partial charge in [0, 0.05) is 16.7 Å². The Bertz CT molecular complexity index is 1400. The summed E-state index contributed by atoms with van der Waals surface area (Å²) >= 11 is 3.54. The maximum absolute atomic E-state index is 13.4. The molecule has 0 saturated carbocycles. The van der Waals surface area contributed by atoms with Crippen LogP contribution in [0.4, 0.5) is 18.9 Å². The molecule has 1 aliphatic rings. The molecule has 0 spiro atoms. The first-order valence-electron chi connectivity index (χ1n) is 11.7. The number of fused-ring (bicyclic) bond motifs is 1. The van der Waals surface area contributed by atoms with Gasteiger partial charge in [0.15, 0.2) is 0 Å². The fraction of sp³-hybridized carbons (Fsp3) is 0.259. The number of alkyl halides is 3. The molecular weight excluding hydrogens is 533 g/mol. The fourth-order valence-corrected chi connectivity index (χ4v) is 5.16. The van der Waals surface area contributed by atoms with E-state index in [1.807, 2.05) is 48.5 Å². The Morgan fingerprint density at radius 1 is 1.06 bits per heavy atom. The summed E-state index contributed by atoms with van der Waals surface area (Å²) in [6.45, 7) is 1.75. The Kier molecular flexibility index (Phi) is 6.85. The highest BCUT2D eigenvalue weighted by Gasteiger charge is 2.34. The quantitative estimate of drug-likeness (QED) is 0.299. The topological polar surface area (TPSA) is 50.2 Å². The number of nitrogens with one attached hydrogen (secondary N) is 1. The van der Waals surface area contributed by atoms with E-state index in [1.165, 1.54) is 18.2 Å². The van der Waals surface area contributed by atoms with E-state index in [2.05, 4.69) is 30.7 Å². The zero-order valence-corrected chi connectivity index (χ0v) is 20.9. The lowest BCUT2D eigenvalue weighted by Crippen LogP contribution is -2.40. The Hall–Kier alpha value is -3.17. The first-order chi connectivity index (χ1) is 17.3. The van der Waals surface area contributed by atoms with Crippen molar-refractivity contribution in [3.63, 3.8) is 0 Å². The van der Waals surface area contributed by atoms with Crippen molar-refractivity contribution in [3.05, 3.63) is 88.7 Å². The smallest absolute Gasteiger partial charge is 0.325 e. The first-order valence-corrected chi connectivity index (χ1v) is 12.5. The Morgan fingerprint density at radius 2 is 1.83 bits per heavy atom. The Labute approximate surface area is 215 Å². The van der Waals surface area contributed by atoms with Crippen LogP contribution in [0.5, 0.6) is 0 Å². The Morgan fingerprint density at radius 3 is 2.64 bits per heavy atom. The minimum absolute atomic E-state index is 0.205. The van der Waals surface area contributed by atoms with E-state index in [9.17, 15) is 18.0 Å². The molecule has 1 atom stereocenters. The number of imidazole rings is 1. The number of rotatable bonds is 5. The summed E-state index contributed by atoms with van der Waals surface area (Å²) in [5.41, 5.74) is 1.80. The molecule has 5 rings (SSSR count). The van der Waals surface area contributed by atoms with Crippen molar-refractivity contribution in [2.24, 2.45) is 5.92 Å². The molecule has 36 heavy (non-hydrogen) atoms. The molecule has 5 nitrogen and oxygen atoms in total. The van der Waals surface area contributed by atoms with Crippen molar-refractivity contribution in [2.75, 3.05) is 18.4 Å². The predicted molar refractivity (Wildman–Crippen MR) is 137 cm³/mol. The van der Waals surface area contributed by atoms with Crippen LogP contribution in [0.25, 0.3) is 16.7 Å². The van der Waals surface area contributed by atoms with Gasteiger partial charge in [-0.2, -0.15) is 13.2 Å². The maximum atomic E-state index is 13.4. The fourth-order valence-electron chi connectivity index (χ4n) is 4.77. The third kappa shape index (κ3) is 5.17. The van der Waals surface area contributed by atoms with Crippen LogP contribution >= 0.6 is 15.9 Å². The van der Waals surface area contributed by atoms with Gasteiger partial charge in [-0.05, 0) is 61.9 Å². The van der Waals surface area contributed by atoms with Crippen LogP contribution < -0.4 is 5.32 Å². The van der Waals surface area contributed by atoms with Crippen LogP contribution in [0.1, 0.15) is 24.2 Å². The largest absolute Gasteiger partial charge is 0.418 e. The number of hydrogen-bond donors (Lipinski definition) is 1. The van der Waals surface area contributed by atoms with E-state index in [-0.39, 0.29) is 5.69 Å². The molecule has 0 radical (unpaired) electrons. The van der Waals surface area contributed by atoms with Crippen molar-refractivity contribution in [1.29, 1.82) is 0 Å². The van der Waals surface area contributed by atoms with Crippen molar-refractivity contribution in [3.8, 4) is 5.69 Å². The molecule has 2 heterocycles. The lowest BCUT2D eigenvalue weighted by atomic mass is 9.96.